The lowest BCUT2D eigenvalue weighted by Gasteiger charge is -2.45. The normalized spacial score (nSPS) is 29.0. The molecule has 2 heteroatoms. The summed E-state index contributed by atoms with van der Waals surface area (Å²) in [5.41, 5.74) is 5.73. The molecule has 0 aromatic rings. The van der Waals surface area contributed by atoms with Crippen LogP contribution < -0.4 is 0 Å². The molecule has 0 aromatic heterocycles. The van der Waals surface area contributed by atoms with E-state index < -0.39 is 8.32 Å². The SMILES string of the molecule is CC[Si](CC)(CC)O[C@H]1CCCC2(C)C(=C=CCCCC(C)C)CC[C@@H]12. The minimum atomic E-state index is -1.50. The third-order valence-corrected chi connectivity index (χ3v) is 12.3. The highest BCUT2D eigenvalue weighted by Gasteiger charge is 2.50. The Morgan fingerprint density at radius 1 is 1.19 bits per heavy atom. The van der Waals surface area contributed by atoms with Crippen molar-refractivity contribution in [2.45, 2.75) is 117 Å². The fourth-order valence-corrected chi connectivity index (χ4v) is 8.38. The fraction of sp³-hybridized carbons (Fsp3) is 0.875. The molecule has 2 aliphatic rings. The van der Waals surface area contributed by atoms with Gasteiger partial charge in [0.2, 0.25) is 0 Å². The van der Waals surface area contributed by atoms with E-state index in [2.05, 4.69) is 53.3 Å². The van der Waals surface area contributed by atoms with Crippen molar-refractivity contribution in [3.8, 4) is 0 Å². The number of hydrogen-bond acceptors (Lipinski definition) is 1. The second-order valence-electron chi connectivity index (χ2n) is 9.51. The maximum Gasteiger partial charge on any atom is 0.192 e. The summed E-state index contributed by atoms with van der Waals surface area (Å²) in [6.07, 6.45) is 13.2. The molecule has 2 rings (SSSR count). The number of hydrogen-bond donors (Lipinski definition) is 0. The molecule has 1 nitrogen and oxygen atoms in total. The average Bonchev–Trinajstić information content (AvgIpc) is 2.96. The minimum Gasteiger partial charge on any atom is -0.414 e. The Bertz CT molecular complexity index is 490. The van der Waals surface area contributed by atoms with Gasteiger partial charge in [-0.15, -0.1) is 5.73 Å². The van der Waals surface area contributed by atoms with Crippen LogP contribution in [0.4, 0.5) is 0 Å². The third-order valence-electron chi connectivity index (χ3n) is 7.59. The summed E-state index contributed by atoms with van der Waals surface area (Å²) in [5.74, 6) is 1.56. The van der Waals surface area contributed by atoms with Crippen LogP contribution >= 0.6 is 0 Å². The standard InChI is InChI=1S/C24H44OSi/c1-7-26(8-2,9-3)25-23-16-13-19-24(6)21(17-18-22(23)24)15-12-10-11-14-20(4)5/h12,20,22-23H,7-11,13-14,16-19H2,1-6H3/t15?,22-,23-,24?/m0/s1. The molecule has 1 unspecified atom stereocenters. The van der Waals surface area contributed by atoms with Crippen molar-refractivity contribution in [1.82, 2.24) is 0 Å². The van der Waals surface area contributed by atoms with Crippen LogP contribution in [0.2, 0.25) is 18.1 Å². The Morgan fingerprint density at radius 3 is 2.50 bits per heavy atom. The van der Waals surface area contributed by atoms with Crippen molar-refractivity contribution in [3.05, 3.63) is 17.4 Å². The quantitative estimate of drug-likeness (QED) is 0.226. The number of fused-ring (bicyclic) bond motifs is 1. The molecule has 2 saturated carbocycles. The monoisotopic (exact) mass is 376 g/mol. The van der Waals surface area contributed by atoms with E-state index >= 15 is 0 Å². The van der Waals surface area contributed by atoms with Crippen LogP contribution in [0.5, 0.6) is 0 Å². The van der Waals surface area contributed by atoms with Gasteiger partial charge in [0.05, 0.1) is 0 Å². The van der Waals surface area contributed by atoms with Gasteiger partial charge in [-0.05, 0) is 80.1 Å². The van der Waals surface area contributed by atoms with E-state index in [0.717, 1.165) is 11.8 Å². The van der Waals surface area contributed by atoms with Crippen LogP contribution in [0.3, 0.4) is 0 Å². The Labute approximate surface area is 164 Å². The molecule has 0 heterocycles. The highest BCUT2D eigenvalue weighted by atomic mass is 28.4. The van der Waals surface area contributed by atoms with E-state index in [1.807, 2.05) is 0 Å². The molecule has 0 spiro atoms. The summed E-state index contributed by atoms with van der Waals surface area (Å²) < 4.78 is 7.01. The zero-order chi connectivity index (χ0) is 19.2. The first-order valence-electron chi connectivity index (χ1n) is 11.5. The Balaban J connectivity index is 2.08. The van der Waals surface area contributed by atoms with Gasteiger partial charge in [0.25, 0.3) is 0 Å². The molecule has 0 radical (unpaired) electrons. The van der Waals surface area contributed by atoms with E-state index in [1.165, 1.54) is 69.5 Å². The van der Waals surface area contributed by atoms with E-state index in [9.17, 15) is 0 Å². The second-order valence-corrected chi connectivity index (χ2v) is 14.2. The van der Waals surface area contributed by atoms with Crippen molar-refractivity contribution in [2.75, 3.05) is 0 Å². The summed E-state index contributed by atoms with van der Waals surface area (Å²) in [6, 6.07) is 3.83. The molecule has 0 aromatic carbocycles. The van der Waals surface area contributed by atoms with Crippen molar-refractivity contribution in [2.24, 2.45) is 17.3 Å². The van der Waals surface area contributed by atoms with E-state index in [4.69, 9.17) is 4.43 Å². The molecule has 3 atom stereocenters. The van der Waals surface area contributed by atoms with Gasteiger partial charge in [0.15, 0.2) is 8.32 Å². The lowest BCUT2D eigenvalue weighted by Crippen LogP contribution is -2.47. The van der Waals surface area contributed by atoms with E-state index in [0.29, 0.717) is 11.5 Å². The smallest absolute Gasteiger partial charge is 0.192 e. The van der Waals surface area contributed by atoms with Crippen LogP contribution in [-0.2, 0) is 4.43 Å². The molecule has 0 amide bonds. The van der Waals surface area contributed by atoms with Crippen molar-refractivity contribution in [1.29, 1.82) is 0 Å². The molecular formula is C24H44OSi. The predicted molar refractivity (Wildman–Crippen MR) is 117 cm³/mol. The maximum atomic E-state index is 7.01. The van der Waals surface area contributed by atoms with Crippen LogP contribution in [0.1, 0.15) is 92.9 Å². The first-order valence-corrected chi connectivity index (χ1v) is 14.1. The Morgan fingerprint density at radius 2 is 1.88 bits per heavy atom. The maximum absolute atomic E-state index is 7.01. The Kier molecular flexibility index (Phi) is 8.25. The van der Waals surface area contributed by atoms with E-state index in [1.54, 1.807) is 5.57 Å². The average molecular weight is 377 g/mol. The van der Waals surface area contributed by atoms with Gasteiger partial charge in [-0.3, -0.25) is 0 Å². The van der Waals surface area contributed by atoms with Crippen LogP contribution in [-0.4, -0.2) is 14.4 Å². The second kappa shape index (κ2) is 9.76. The summed E-state index contributed by atoms with van der Waals surface area (Å²) in [5, 5.41) is 0. The van der Waals surface area contributed by atoms with Gasteiger partial charge in [0, 0.05) is 11.5 Å². The highest BCUT2D eigenvalue weighted by molar-refractivity contribution is 6.73. The fourth-order valence-electron chi connectivity index (χ4n) is 5.45. The minimum absolute atomic E-state index is 0.354. The molecular weight excluding hydrogens is 332 g/mol. The van der Waals surface area contributed by atoms with Gasteiger partial charge >= 0.3 is 0 Å². The predicted octanol–water partition coefficient (Wildman–Crippen LogP) is 7.88. The lowest BCUT2D eigenvalue weighted by molar-refractivity contribution is 0.0250. The van der Waals surface area contributed by atoms with Gasteiger partial charge in [-0.1, -0.05) is 54.4 Å². The molecule has 150 valence electrons. The highest BCUT2D eigenvalue weighted by Crippen LogP contribution is 2.56. The molecule has 2 fully saturated rings. The lowest BCUT2D eigenvalue weighted by atomic mass is 9.66. The van der Waals surface area contributed by atoms with Crippen molar-refractivity contribution >= 4 is 8.32 Å². The zero-order valence-corrected chi connectivity index (χ0v) is 19.5. The van der Waals surface area contributed by atoms with Gasteiger partial charge < -0.3 is 4.43 Å². The molecule has 0 saturated heterocycles. The topological polar surface area (TPSA) is 9.23 Å². The van der Waals surface area contributed by atoms with Gasteiger partial charge in [-0.2, -0.15) is 0 Å². The van der Waals surface area contributed by atoms with Crippen LogP contribution in [0.15, 0.2) is 17.4 Å². The Hall–Kier alpha value is -0.303. The summed E-state index contributed by atoms with van der Waals surface area (Å²) in [4.78, 5) is 0. The van der Waals surface area contributed by atoms with Crippen LogP contribution in [0.25, 0.3) is 0 Å². The summed E-state index contributed by atoms with van der Waals surface area (Å²) >= 11 is 0. The number of allylic oxidation sites excluding steroid dienone is 1. The first kappa shape index (κ1) is 22.0. The zero-order valence-electron chi connectivity index (χ0n) is 18.5. The molecule has 0 N–H and O–H groups in total. The molecule has 0 bridgehead atoms. The number of unbranched alkanes of at least 4 members (excludes halogenated alkanes) is 1. The molecule has 26 heavy (non-hydrogen) atoms. The third kappa shape index (κ3) is 4.94. The largest absolute Gasteiger partial charge is 0.414 e. The number of rotatable bonds is 9. The molecule has 0 aliphatic heterocycles. The first-order chi connectivity index (χ1) is 12.4. The van der Waals surface area contributed by atoms with E-state index in [-0.39, 0.29) is 0 Å². The van der Waals surface area contributed by atoms with Crippen molar-refractivity contribution < 1.29 is 4.43 Å². The summed E-state index contributed by atoms with van der Waals surface area (Å²) in [7, 11) is -1.50. The van der Waals surface area contributed by atoms with Crippen molar-refractivity contribution in [3.63, 3.8) is 0 Å². The van der Waals surface area contributed by atoms with Crippen LogP contribution in [0, 0.1) is 17.3 Å². The van der Waals surface area contributed by atoms with Gasteiger partial charge in [0.1, 0.15) is 0 Å². The summed E-state index contributed by atoms with van der Waals surface area (Å²) in [6.45, 7) is 14.2. The van der Waals surface area contributed by atoms with Gasteiger partial charge in [-0.25, -0.2) is 0 Å². The molecule has 2 aliphatic carbocycles.